The normalized spacial score (nSPS) is 40.0. The van der Waals surface area contributed by atoms with Crippen molar-refractivity contribution in [3.05, 3.63) is 11.1 Å². The van der Waals surface area contributed by atoms with E-state index in [4.69, 9.17) is 23.1 Å². The van der Waals surface area contributed by atoms with E-state index < -0.39 is 86.9 Å². The van der Waals surface area contributed by atoms with Crippen molar-refractivity contribution in [2.45, 2.75) is 155 Å². The van der Waals surface area contributed by atoms with Crippen LogP contribution in [0.3, 0.4) is 0 Å². The third kappa shape index (κ3) is 5.55. The molecule has 0 spiro atoms. The fraction of sp³-hybridized carbons (Fsp3) is 0.853. The molecule has 2 bridgehead atoms. The SMILES string of the molecule is CC(=O)O[C@H]1[C@@H]2[C@]3(OC(C)=O)CO[C@@H]3C[C@H](O[Si](C)(C)C(C)(C)C)[C@@]2(C)C(=O)[C@H](C)C2=C(C)[C@@H](O[Si](C)(C)C)C[C@]1(O)C2(C)C. The van der Waals surface area contributed by atoms with Gasteiger partial charge in [-0.25, -0.2) is 0 Å². The zero-order valence-corrected chi connectivity index (χ0v) is 32.3. The van der Waals surface area contributed by atoms with Gasteiger partial charge < -0.3 is 28.2 Å². The minimum absolute atomic E-state index is 0.0246. The predicted octanol–water partition coefficient (Wildman–Crippen LogP) is 5.95. The van der Waals surface area contributed by atoms with Crippen molar-refractivity contribution in [2.75, 3.05) is 6.61 Å². The summed E-state index contributed by atoms with van der Waals surface area (Å²) in [5, 5.41) is 13.1. The van der Waals surface area contributed by atoms with Gasteiger partial charge in [-0.1, -0.05) is 41.5 Å². The van der Waals surface area contributed by atoms with Crippen LogP contribution in [0.15, 0.2) is 11.1 Å². The summed E-state index contributed by atoms with van der Waals surface area (Å²) in [4.78, 5) is 41.4. The highest BCUT2D eigenvalue weighted by Crippen LogP contribution is 2.66. The maximum absolute atomic E-state index is 15.4. The molecule has 4 aliphatic rings. The molecule has 1 saturated heterocycles. The molecule has 1 N–H and O–H groups in total. The molecular formula is C34H58O9Si2. The summed E-state index contributed by atoms with van der Waals surface area (Å²) in [6, 6.07) is 0. The van der Waals surface area contributed by atoms with Gasteiger partial charge in [0.25, 0.3) is 0 Å². The molecule has 4 rings (SSSR count). The average Bonchev–Trinajstić information content (AvgIpc) is 2.83. The molecule has 2 saturated carbocycles. The number of fused-ring (bicyclic) bond motifs is 5. The lowest BCUT2D eigenvalue weighted by Crippen LogP contribution is -2.82. The van der Waals surface area contributed by atoms with E-state index in [2.05, 4.69) is 53.5 Å². The second kappa shape index (κ2) is 11.1. The maximum atomic E-state index is 15.4. The molecule has 0 radical (unpaired) electrons. The lowest BCUT2D eigenvalue weighted by molar-refractivity contribution is -0.345. The van der Waals surface area contributed by atoms with Gasteiger partial charge in [-0.05, 0) is 62.8 Å². The molecule has 1 heterocycles. The Morgan fingerprint density at radius 3 is 2.02 bits per heavy atom. The first-order chi connectivity index (χ1) is 20.2. The maximum Gasteiger partial charge on any atom is 0.303 e. The molecule has 11 heteroatoms. The van der Waals surface area contributed by atoms with Crippen LogP contribution in [0, 0.1) is 22.7 Å². The largest absolute Gasteiger partial charge is 0.459 e. The highest BCUT2D eigenvalue weighted by Gasteiger charge is 2.78. The summed E-state index contributed by atoms with van der Waals surface area (Å²) in [7, 11) is -4.61. The van der Waals surface area contributed by atoms with Crippen LogP contribution in [0.2, 0.25) is 37.8 Å². The third-order valence-corrected chi connectivity index (χ3v) is 17.5. The quantitative estimate of drug-likeness (QED) is 0.208. The standard InChI is InChI=1S/C34H58O9Si2/c1-19-23(42-44(11,12)13)17-34(38)29(40-21(3)35)27-32(10,28(37)20(2)26(19)31(34,8)9)24(43-45(14,15)30(5,6)7)16-25-33(27,18-39-25)41-22(4)36/h20,23-25,27,29,38H,16-18H2,1-15H3/t20-,23+,24+,25-,27+,29+,32-,33+,34-/m1/s1. The van der Waals surface area contributed by atoms with Crippen molar-refractivity contribution < 1.29 is 42.6 Å². The summed E-state index contributed by atoms with van der Waals surface area (Å²) in [5.74, 6) is -2.77. The van der Waals surface area contributed by atoms with Gasteiger partial charge in [-0.2, -0.15) is 0 Å². The van der Waals surface area contributed by atoms with Crippen LogP contribution < -0.4 is 0 Å². The van der Waals surface area contributed by atoms with Crippen molar-refractivity contribution in [1.29, 1.82) is 0 Å². The second-order valence-corrected chi connectivity index (χ2v) is 26.6. The van der Waals surface area contributed by atoms with Crippen molar-refractivity contribution in [1.82, 2.24) is 0 Å². The summed E-state index contributed by atoms with van der Waals surface area (Å²) in [6.07, 6.45) is -2.47. The third-order valence-electron chi connectivity index (χ3n) is 12.0. The van der Waals surface area contributed by atoms with E-state index in [1.807, 2.05) is 34.6 Å². The van der Waals surface area contributed by atoms with Crippen molar-refractivity contribution >= 4 is 34.4 Å². The van der Waals surface area contributed by atoms with Gasteiger partial charge in [-0.3, -0.25) is 14.4 Å². The zero-order valence-electron chi connectivity index (χ0n) is 30.3. The Kier molecular flexibility index (Phi) is 8.98. The Labute approximate surface area is 272 Å². The summed E-state index contributed by atoms with van der Waals surface area (Å²) in [5.41, 5.74) is -3.57. The van der Waals surface area contributed by atoms with E-state index in [0.29, 0.717) is 6.42 Å². The number of ether oxygens (including phenoxy) is 3. The van der Waals surface area contributed by atoms with Gasteiger partial charge in [0.2, 0.25) is 0 Å². The molecule has 9 atom stereocenters. The van der Waals surface area contributed by atoms with Crippen LogP contribution in [0.25, 0.3) is 0 Å². The van der Waals surface area contributed by atoms with E-state index in [9.17, 15) is 14.7 Å². The van der Waals surface area contributed by atoms with Gasteiger partial charge >= 0.3 is 11.9 Å². The number of aliphatic hydroxyl groups is 1. The van der Waals surface area contributed by atoms with Crippen LogP contribution in [0.5, 0.6) is 0 Å². The summed E-state index contributed by atoms with van der Waals surface area (Å²) < 4.78 is 32.5. The molecule has 256 valence electrons. The summed E-state index contributed by atoms with van der Waals surface area (Å²) >= 11 is 0. The number of hydrogen-bond acceptors (Lipinski definition) is 9. The molecule has 9 nitrogen and oxygen atoms in total. The lowest BCUT2D eigenvalue weighted by Gasteiger charge is -2.68. The molecule has 3 fully saturated rings. The van der Waals surface area contributed by atoms with Crippen LogP contribution in [0.1, 0.15) is 82.1 Å². The van der Waals surface area contributed by atoms with Gasteiger partial charge in [-0.15, -0.1) is 0 Å². The first kappa shape index (κ1) is 36.5. The van der Waals surface area contributed by atoms with Gasteiger partial charge in [0, 0.05) is 38.0 Å². The van der Waals surface area contributed by atoms with E-state index in [-0.39, 0.29) is 23.8 Å². The first-order valence-electron chi connectivity index (χ1n) is 16.5. The molecular weight excluding hydrogens is 609 g/mol. The number of Topliss-reactive ketones (excluding diaryl/α,β-unsaturated/α-hetero) is 1. The molecule has 0 aromatic carbocycles. The molecule has 3 aliphatic carbocycles. The highest BCUT2D eigenvalue weighted by molar-refractivity contribution is 6.74. The fourth-order valence-corrected chi connectivity index (χ4v) is 11.3. The molecule has 0 aromatic rings. The van der Waals surface area contributed by atoms with E-state index in [1.54, 1.807) is 0 Å². The minimum atomic E-state index is -2.47. The Morgan fingerprint density at radius 2 is 1.58 bits per heavy atom. The highest BCUT2D eigenvalue weighted by atomic mass is 28.4. The number of carbonyl (C=O) groups is 3. The van der Waals surface area contributed by atoms with Crippen LogP contribution in [0.4, 0.5) is 0 Å². The number of rotatable bonds is 6. The average molecular weight is 667 g/mol. The zero-order chi connectivity index (χ0) is 34.5. The number of ketones is 1. The number of esters is 2. The van der Waals surface area contributed by atoms with Gasteiger partial charge in [0.1, 0.15) is 23.6 Å². The molecule has 1 aliphatic heterocycles. The van der Waals surface area contributed by atoms with Crippen molar-refractivity contribution in [2.24, 2.45) is 22.7 Å². The molecule has 0 unspecified atom stereocenters. The van der Waals surface area contributed by atoms with Gasteiger partial charge in [0.05, 0.1) is 30.1 Å². The predicted molar refractivity (Wildman–Crippen MR) is 177 cm³/mol. The Morgan fingerprint density at radius 1 is 1.00 bits per heavy atom. The lowest BCUT2D eigenvalue weighted by atomic mass is 9.43. The fourth-order valence-electron chi connectivity index (χ4n) is 8.80. The molecule has 45 heavy (non-hydrogen) atoms. The topological polar surface area (TPSA) is 118 Å². The molecule has 0 amide bonds. The number of hydrogen-bond donors (Lipinski definition) is 1. The van der Waals surface area contributed by atoms with Crippen LogP contribution in [-0.4, -0.2) is 81.7 Å². The van der Waals surface area contributed by atoms with E-state index in [1.165, 1.54) is 13.8 Å². The van der Waals surface area contributed by atoms with Crippen molar-refractivity contribution in [3.8, 4) is 0 Å². The monoisotopic (exact) mass is 666 g/mol. The van der Waals surface area contributed by atoms with Crippen molar-refractivity contribution in [3.63, 3.8) is 0 Å². The smallest absolute Gasteiger partial charge is 0.303 e. The Bertz CT molecular complexity index is 1280. The minimum Gasteiger partial charge on any atom is -0.459 e. The second-order valence-electron chi connectivity index (χ2n) is 17.4. The van der Waals surface area contributed by atoms with E-state index in [0.717, 1.165) is 11.1 Å². The van der Waals surface area contributed by atoms with Crippen LogP contribution >= 0.6 is 0 Å². The Balaban J connectivity index is 2.10. The van der Waals surface area contributed by atoms with Gasteiger partial charge in [0.15, 0.2) is 22.2 Å². The van der Waals surface area contributed by atoms with Crippen LogP contribution in [-0.2, 0) is 37.4 Å². The summed E-state index contributed by atoms with van der Waals surface area (Å²) in [6.45, 7) is 29.4. The molecule has 0 aromatic heterocycles. The number of carbonyl (C=O) groups excluding carboxylic acids is 3. The Hall–Kier alpha value is -1.38. The van der Waals surface area contributed by atoms with E-state index >= 15 is 4.79 Å². The first-order valence-corrected chi connectivity index (χ1v) is 22.8.